The van der Waals surface area contributed by atoms with Crippen LogP contribution in [0.2, 0.25) is 0 Å². The molecule has 3 aromatic rings. The van der Waals surface area contributed by atoms with Gasteiger partial charge in [-0.1, -0.05) is 0 Å². The summed E-state index contributed by atoms with van der Waals surface area (Å²) < 4.78 is 52.4. The lowest BCUT2D eigenvalue weighted by Crippen LogP contribution is -2.32. The second-order valence-corrected chi connectivity index (χ2v) is 6.51. The Labute approximate surface area is 162 Å². The van der Waals surface area contributed by atoms with Crippen molar-refractivity contribution < 1.29 is 22.4 Å². The molecule has 1 aliphatic heterocycles. The molecule has 1 aliphatic rings. The minimum absolute atomic E-state index is 0.0285. The number of alkyl halides is 3. The molecule has 1 N–H and O–H groups in total. The number of hydrogen-bond acceptors (Lipinski definition) is 5. The Morgan fingerprint density at radius 3 is 2.72 bits per heavy atom. The fourth-order valence-corrected chi connectivity index (χ4v) is 3.21. The predicted octanol–water partition coefficient (Wildman–Crippen LogP) is 2.97. The topological polar surface area (TPSA) is 80.7 Å². The van der Waals surface area contributed by atoms with Gasteiger partial charge in [-0.2, -0.15) is 18.3 Å². The third-order valence-electron chi connectivity index (χ3n) is 4.50. The van der Waals surface area contributed by atoms with E-state index < -0.39 is 17.6 Å². The molecule has 148 valence electrons. The zero-order valence-corrected chi connectivity index (χ0v) is 14.8. The molecule has 0 fully saturated rings. The summed E-state index contributed by atoms with van der Waals surface area (Å²) in [5.74, 6) is -1.23. The van der Waals surface area contributed by atoms with E-state index in [1.54, 1.807) is 6.07 Å². The summed E-state index contributed by atoms with van der Waals surface area (Å²) in [5, 5.41) is 10.6. The van der Waals surface area contributed by atoms with E-state index in [1.807, 2.05) is 0 Å². The van der Waals surface area contributed by atoms with Gasteiger partial charge in [0.2, 0.25) is 0 Å². The second-order valence-electron chi connectivity index (χ2n) is 6.51. The number of carbonyl (C=O) groups excluding carboxylic acids is 1. The van der Waals surface area contributed by atoms with Crippen LogP contribution in [0.3, 0.4) is 0 Å². The Hall–Kier alpha value is -3.43. The number of rotatable bonds is 3. The summed E-state index contributed by atoms with van der Waals surface area (Å²) in [5.41, 5.74) is 1.35. The number of nitrogens with zero attached hydrogens (tertiary/aromatic N) is 4. The highest BCUT2D eigenvalue weighted by molar-refractivity contribution is 5.97. The predicted molar refractivity (Wildman–Crippen MR) is 93.3 cm³/mol. The van der Waals surface area contributed by atoms with E-state index in [9.17, 15) is 22.4 Å². The zero-order chi connectivity index (χ0) is 20.6. The van der Waals surface area contributed by atoms with Crippen LogP contribution in [0.4, 0.5) is 17.6 Å². The van der Waals surface area contributed by atoms with E-state index in [1.165, 1.54) is 12.5 Å². The van der Waals surface area contributed by atoms with Crippen molar-refractivity contribution in [2.24, 2.45) is 0 Å². The van der Waals surface area contributed by atoms with Crippen molar-refractivity contribution >= 4 is 5.91 Å². The number of nitrogens with one attached hydrogen (secondary N) is 1. The molecule has 0 spiro atoms. The van der Waals surface area contributed by atoms with Crippen molar-refractivity contribution in [3.63, 3.8) is 0 Å². The maximum absolute atomic E-state index is 13.6. The highest BCUT2D eigenvalue weighted by atomic mass is 19.4. The first-order valence-corrected chi connectivity index (χ1v) is 8.62. The van der Waals surface area contributed by atoms with Crippen LogP contribution < -0.4 is 5.32 Å². The minimum Gasteiger partial charge on any atom is -0.352 e. The quantitative estimate of drug-likeness (QED) is 0.680. The molecule has 1 amide bonds. The van der Waals surface area contributed by atoms with Gasteiger partial charge in [-0.25, -0.2) is 14.4 Å². The molecule has 4 rings (SSSR count). The van der Waals surface area contributed by atoms with Crippen LogP contribution >= 0.6 is 0 Å². The molecule has 0 radical (unpaired) electrons. The van der Waals surface area contributed by atoms with Crippen LogP contribution in [0.15, 0.2) is 36.8 Å². The standard InChI is InChI=1S/C19H13F4N5O/c20-12-4-10(3-11(6-12)19(21,22)23)5-13-7-16(26-9-25-13)17-14-1-2-24-18(29)15(14)8-27-28-17/h3-4,6-9H,1-2,5H2,(H,24,29). The molecular formula is C19H13F4N5O. The van der Waals surface area contributed by atoms with Gasteiger partial charge in [0.05, 0.1) is 23.0 Å². The van der Waals surface area contributed by atoms with Crippen molar-refractivity contribution in [2.45, 2.75) is 19.0 Å². The summed E-state index contributed by atoms with van der Waals surface area (Å²) in [6.45, 7) is 0.450. The fraction of sp³-hybridized carbons (Fsp3) is 0.211. The molecule has 10 heteroatoms. The molecule has 3 heterocycles. The lowest BCUT2D eigenvalue weighted by molar-refractivity contribution is -0.137. The van der Waals surface area contributed by atoms with Gasteiger partial charge in [-0.05, 0) is 41.8 Å². The maximum atomic E-state index is 13.6. The first-order valence-electron chi connectivity index (χ1n) is 8.62. The molecule has 1 aromatic carbocycles. The number of hydrogen-bond donors (Lipinski definition) is 1. The van der Waals surface area contributed by atoms with Crippen molar-refractivity contribution in [3.05, 3.63) is 70.6 Å². The average Bonchev–Trinajstić information content (AvgIpc) is 2.67. The second kappa shape index (κ2) is 7.19. The van der Waals surface area contributed by atoms with Gasteiger partial charge in [0, 0.05) is 18.7 Å². The number of aromatic nitrogens is 4. The third-order valence-corrected chi connectivity index (χ3v) is 4.50. The van der Waals surface area contributed by atoms with Crippen LogP contribution in [-0.4, -0.2) is 32.6 Å². The molecule has 0 unspecified atom stereocenters. The number of fused-ring (bicyclic) bond motifs is 1. The van der Waals surface area contributed by atoms with E-state index in [4.69, 9.17) is 0 Å². The molecule has 0 saturated carbocycles. The van der Waals surface area contributed by atoms with Crippen LogP contribution in [0.5, 0.6) is 0 Å². The Kier molecular flexibility index (Phi) is 4.69. The summed E-state index contributed by atoms with van der Waals surface area (Å²) in [4.78, 5) is 20.2. The molecule has 0 atom stereocenters. The summed E-state index contributed by atoms with van der Waals surface area (Å²) >= 11 is 0. The fourth-order valence-electron chi connectivity index (χ4n) is 3.21. The Morgan fingerprint density at radius 1 is 1.10 bits per heavy atom. The van der Waals surface area contributed by atoms with E-state index in [0.717, 1.165) is 12.1 Å². The molecule has 0 aliphatic carbocycles. The van der Waals surface area contributed by atoms with Gasteiger partial charge in [-0.15, -0.1) is 5.10 Å². The van der Waals surface area contributed by atoms with Gasteiger partial charge in [-0.3, -0.25) is 4.79 Å². The number of benzene rings is 1. The Morgan fingerprint density at radius 2 is 1.93 bits per heavy atom. The van der Waals surface area contributed by atoms with Crippen molar-refractivity contribution in [1.29, 1.82) is 0 Å². The SMILES string of the molecule is O=C1NCCc2c1cnnc2-c1cc(Cc2cc(F)cc(C(F)(F)F)c2)ncn1. The first kappa shape index (κ1) is 18.9. The van der Waals surface area contributed by atoms with Crippen LogP contribution in [0.1, 0.15) is 32.7 Å². The van der Waals surface area contributed by atoms with E-state index in [2.05, 4.69) is 25.5 Å². The van der Waals surface area contributed by atoms with Crippen LogP contribution in [0, 0.1) is 5.82 Å². The van der Waals surface area contributed by atoms with Crippen LogP contribution in [0.25, 0.3) is 11.4 Å². The summed E-state index contributed by atoms with van der Waals surface area (Å²) in [7, 11) is 0. The molecule has 2 aromatic heterocycles. The molecule has 29 heavy (non-hydrogen) atoms. The van der Waals surface area contributed by atoms with E-state index in [0.29, 0.717) is 47.2 Å². The Balaban J connectivity index is 1.69. The van der Waals surface area contributed by atoms with Gasteiger partial charge >= 0.3 is 6.18 Å². The monoisotopic (exact) mass is 403 g/mol. The van der Waals surface area contributed by atoms with Crippen molar-refractivity contribution in [1.82, 2.24) is 25.5 Å². The highest BCUT2D eigenvalue weighted by Gasteiger charge is 2.31. The van der Waals surface area contributed by atoms with Gasteiger partial charge < -0.3 is 5.32 Å². The van der Waals surface area contributed by atoms with E-state index in [-0.39, 0.29) is 17.9 Å². The van der Waals surface area contributed by atoms with Crippen LogP contribution in [-0.2, 0) is 19.0 Å². The third kappa shape index (κ3) is 3.91. The number of carbonyl (C=O) groups is 1. The lowest BCUT2D eigenvalue weighted by Gasteiger charge is -2.17. The molecular weight excluding hydrogens is 390 g/mol. The normalized spacial score (nSPS) is 13.7. The largest absolute Gasteiger partial charge is 0.416 e. The van der Waals surface area contributed by atoms with Crippen molar-refractivity contribution in [2.75, 3.05) is 6.54 Å². The first-order chi connectivity index (χ1) is 13.8. The lowest BCUT2D eigenvalue weighted by atomic mass is 9.98. The molecule has 6 nitrogen and oxygen atoms in total. The number of halogens is 4. The highest BCUT2D eigenvalue weighted by Crippen LogP contribution is 2.31. The maximum Gasteiger partial charge on any atom is 0.416 e. The summed E-state index contributed by atoms with van der Waals surface area (Å²) in [6.07, 6.45) is -1.50. The molecule has 0 saturated heterocycles. The minimum atomic E-state index is -4.65. The van der Waals surface area contributed by atoms with Gasteiger partial charge in [0.15, 0.2) is 0 Å². The zero-order valence-electron chi connectivity index (χ0n) is 14.8. The van der Waals surface area contributed by atoms with Crippen molar-refractivity contribution in [3.8, 4) is 11.4 Å². The molecule has 0 bridgehead atoms. The van der Waals surface area contributed by atoms with E-state index >= 15 is 0 Å². The van der Waals surface area contributed by atoms with Gasteiger partial charge in [0.1, 0.15) is 17.8 Å². The average molecular weight is 403 g/mol. The number of amides is 1. The van der Waals surface area contributed by atoms with Gasteiger partial charge in [0.25, 0.3) is 5.91 Å². The summed E-state index contributed by atoms with van der Waals surface area (Å²) in [6, 6.07) is 3.92. The Bertz CT molecular complexity index is 1100. The smallest absolute Gasteiger partial charge is 0.352 e.